The highest BCUT2D eigenvalue weighted by Crippen LogP contribution is 2.28. The Balaban J connectivity index is 1.64. The van der Waals surface area contributed by atoms with Crippen molar-refractivity contribution in [2.45, 2.75) is 58.0 Å². The van der Waals surface area contributed by atoms with Crippen molar-refractivity contribution < 1.29 is 28.2 Å². The second-order valence-corrected chi connectivity index (χ2v) is 7.64. The van der Waals surface area contributed by atoms with Crippen LogP contribution in [0.4, 0.5) is 9.18 Å². The topological polar surface area (TPSA) is 90.0 Å². The minimum Gasteiger partial charge on any atom is -0.501 e. The summed E-state index contributed by atoms with van der Waals surface area (Å²) in [6.45, 7) is 3.48. The zero-order valence-corrected chi connectivity index (χ0v) is 18.1. The summed E-state index contributed by atoms with van der Waals surface area (Å²) in [7, 11) is 1.45. The lowest BCUT2D eigenvalue weighted by Gasteiger charge is -2.23. The summed E-state index contributed by atoms with van der Waals surface area (Å²) in [6, 6.07) is 0.726. The van der Waals surface area contributed by atoms with E-state index in [0.717, 1.165) is 25.7 Å². The summed E-state index contributed by atoms with van der Waals surface area (Å²) < 4.78 is 30.5. The number of allylic oxidation sites excluding steroid dienone is 1. The van der Waals surface area contributed by atoms with Crippen LogP contribution in [0, 0.1) is 5.82 Å². The van der Waals surface area contributed by atoms with Crippen LogP contribution in [0.5, 0.6) is 5.88 Å². The van der Waals surface area contributed by atoms with Crippen LogP contribution in [0.1, 0.15) is 56.7 Å². The first-order valence-electron chi connectivity index (χ1n) is 10.8. The van der Waals surface area contributed by atoms with Gasteiger partial charge in [0.2, 0.25) is 11.8 Å². The number of nitrogens with zero attached hydrogens (tertiary/aromatic N) is 2. The summed E-state index contributed by atoms with van der Waals surface area (Å²) in [4.78, 5) is 30.7. The van der Waals surface area contributed by atoms with Crippen molar-refractivity contribution in [2.75, 3.05) is 26.9 Å². The van der Waals surface area contributed by atoms with E-state index in [4.69, 9.17) is 14.2 Å². The van der Waals surface area contributed by atoms with Crippen LogP contribution in [-0.4, -0.2) is 54.8 Å². The predicted octanol–water partition coefficient (Wildman–Crippen LogP) is 3.40. The first-order valence-corrected chi connectivity index (χ1v) is 10.8. The lowest BCUT2D eigenvalue weighted by molar-refractivity contribution is -0.125. The van der Waals surface area contributed by atoms with Crippen molar-refractivity contribution >= 4 is 17.6 Å². The van der Waals surface area contributed by atoms with E-state index in [2.05, 4.69) is 10.3 Å². The average Bonchev–Trinajstić information content (AvgIpc) is 3.28. The van der Waals surface area contributed by atoms with Crippen LogP contribution in [0.2, 0.25) is 0 Å². The highest BCUT2D eigenvalue weighted by molar-refractivity contribution is 5.86. The fourth-order valence-electron chi connectivity index (χ4n) is 3.72. The van der Waals surface area contributed by atoms with E-state index in [1.807, 2.05) is 6.92 Å². The number of pyridine rings is 1. The third-order valence-electron chi connectivity index (χ3n) is 5.41. The molecule has 3 heterocycles. The van der Waals surface area contributed by atoms with Gasteiger partial charge in [-0.25, -0.2) is 14.2 Å². The molecule has 0 saturated carbocycles. The van der Waals surface area contributed by atoms with Crippen LogP contribution in [0.3, 0.4) is 0 Å². The van der Waals surface area contributed by atoms with Gasteiger partial charge in [-0.1, -0.05) is 13.3 Å². The fraction of sp³-hybridized carbons (Fsp3) is 0.591. The summed E-state index contributed by atoms with van der Waals surface area (Å²) in [6.07, 6.45) is 5.53. The number of aromatic nitrogens is 1. The molecule has 2 aliphatic heterocycles. The lowest BCUT2D eigenvalue weighted by atomic mass is 10.0. The molecule has 9 heteroatoms. The van der Waals surface area contributed by atoms with Gasteiger partial charge in [-0.3, -0.25) is 9.69 Å². The van der Waals surface area contributed by atoms with Gasteiger partial charge in [0.15, 0.2) is 0 Å². The minimum absolute atomic E-state index is 0.0387. The van der Waals surface area contributed by atoms with Gasteiger partial charge in [-0.2, -0.15) is 0 Å². The van der Waals surface area contributed by atoms with Gasteiger partial charge in [-0.05, 0) is 38.2 Å². The third-order valence-corrected chi connectivity index (χ3v) is 5.41. The maximum Gasteiger partial charge on any atom is 0.410 e. The Morgan fingerprint density at radius 1 is 1.39 bits per heavy atom. The van der Waals surface area contributed by atoms with E-state index < -0.39 is 18.0 Å². The fourth-order valence-corrected chi connectivity index (χ4v) is 3.72. The molecule has 1 atom stereocenters. The highest BCUT2D eigenvalue weighted by atomic mass is 19.1. The van der Waals surface area contributed by atoms with Crippen molar-refractivity contribution in [1.29, 1.82) is 0 Å². The van der Waals surface area contributed by atoms with E-state index in [-0.39, 0.29) is 24.0 Å². The largest absolute Gasteiger partial charge is 0.501 e. The normalized spacial score (nSPS) is 18.2. The van der Waals surface area contributed by atoms with E-state index in [1.54, 1.807) is 0 Å². The average molecular weight is 435 g/mol. The maximum atomic E-state index is 14.7. The molecule has 3 rings (SSSR count). The van der Waals surface area contributed by atoms with Crippen molar-refractivity contribution in [3.63, 3.8) is 0 Å². The molecule has 31 heavy (non-hydrogen) atoms. The Bertz CT molecular complexity index is 830. The molecule has 1 N–H and O–H groups in total. The number of hydrogen-bond donors (Lipinski definition) is 1. The number of carbonyl (C=O) groups excluding carboxylic acids is 2. The number of rotatable bonds is 8. The Labute approximate surface area is 181 Å². The zero-order chi connectivity index (χ0) is 22.2. The number of carbonyl (C=O) groups is 2. The number of amides is 2. The summed E-state index contributed by atoms with van der Waals surface area (Å²) in [5, 5.41) is 2.78. The maximum absolute atomic E-state index is 14.7. The Hall–Kier alpha value is -2.84. The van der Waals surface area contributed by atoms with Gasteiger partial charge < -0.3 is 19.5 Å². The van der Waals surface area contributed by atoms with Gasteiger partial charge in [0.25, 0.3) is 0 Å². The van der Waals surface area contributed by atoms with Crippen LogP contribution in [0.25, 0.3) is 5.57 Å². The zero-order valence-electron chi connectivity index (χ0n) is 18.1. The molecular weight excluding hydrogens is 405 g/mol. The molecule has 8 nitrogen and oxygen atoms in total. The smallest absolute Gasteiger partial charge is 0.410 e. The molecule has 0 radical (unpaired) electrons. The number of halogens is 1. The van der Waals surface area contributed by atoms with Crippen LogP contribution >= 0.6 is 0 Å². The van der Waals surface area contributed by atoms with Crippen LogP contribution < -0.4 is 10.1 Å². The minimum atomic E-state index is -0.596. The van der Waals surface area contributed by atoms with Gasteiger partial charge in [0.05, 0.1) is 26.6 Å². The summed E-state index contributed by atoms with van der Waals surface area (Å²) in [5.41, 5.74) is 1.30. The molecule has 170 valence electrons. The third kappa shape index (κ3) is 5.65. The monoisotopic (exact) mass is 435 g/mol. The van der Waals surface area contributed by atoms with Crippen molar-refractivity contribution in [3.8, 4) is 5.88 Å². The molecular formula is C22H30FN3O5. The van der Waals surface area contributed by atoms with E-state index in [0.29, 0.717) is 43.7 Å². The molecule has 0 spiro atoms. The van der Waals surface area contributed by atoms with Gasteiger partial charge in [0, 0.05) is 24.2 Å². The molecule has 0 aromatic carbocycles. The lowest BCUT2D eigenvalue weighted by Crippen LogP contribution is -2.46. The Kier molecular flexibility index (Phi) is 8.08. The number of hydrogen-bond acceptors (Lipinski definition) is 6. The first-order chi connectivity index (χ1) is 15.0. The van der Waals surface area contributed by atoms with Gasteiger partial charge in [-0.15, -0.1) is 0 Å². The molecule has 1 aromatic heterocycles. The SMILES string of the molecule is CCCCOC(=O)N1CCCC1C(=O)NCc1cc(F)c(C2=COCCC2)nc1OC. The molecule has 1 unspecified atom stereocenters. The van der Waals surface area contributed by atoms with E-state index in [1.165, 1.54) is 24.3 Å². The molecule has 1 fully saturated rings. The molecule has 1 saturated heterocycles. The van der Waals surface area contributed by atoms with Gasteiger partial charge in [0.1, 0.15) is 17.6 Å². The first kappa shape index (κ1) is 22.8. The van der Waals surface area contributed by atoms with Crippen molar-refractivity contribution in [1.82, 2.24) is 15.2 Å². The van der Waals surface area contributed by atoms with Gasteiger partial charge >= 0.3 is 6.09 Å². The van der Waals surface area contributed by atoms with Crippen LogP contribution in [-0.2, 0) is 20.8 Å². The van der Waals surface area contributed by atoms with Crippen molar-refractivity contribution in [3.05, 3.63) is 29.4 Å². The molecule has 0 aliphatic carbocycles. The Morgan fingerprint density at radius 2 is 2.23 bits per heavy atom. The molecule has 2 aliphatic rings. The van der Waals surface area contributed by atoms with E-state index >= 15 is 0 Å². The second-order valence-electron chi connectivity index (χ2n) is 7.64. The van der Waals surface area contributed by atoms with Crippen LogP contribution in [0.15, 0.2) is 12.3 Å². The molecule has 1 aromatic rings. The summed E-state index contributed by atoms with van der Waals surface area (Å²) in [5.74, 6) is -0.561. The predicted molar refractivity (Wildman–Crippen MR) is 112 cm³/mol. The molecule has 2 amide bonds. The number of methoxy groups -OCH3 is 1. The Morgan fingerprint density at radius 3 is 2.94 bits per heavy atom. The molecule has 0 bridgehead atoms. The summed E-state index contributed by atoms with van der Waals surface area (Å²) >= 11 is 0. The quantitative estimate of drug-likeness (QED) is 0.630. The number of unbranched alkanes of at least 4 members (excludes halogenated alkanes) is 1. The highest BCUT2D eigenvalue weighted by Gasteiger charge is 2.35. The standard InChI is InChI=1S/C22H30FN3O5/c1-3-4-11-31-22(28)26-9-5-8-18(26)20(27)24-13-16-12-17(23)19(25-21(16)29-2)15-7-6-10-30-14-15/h12,14,18H,3-11,13H2,1-2H3,(H,24,27). The number of likely N-dealkylation sites (tertiary alicyclic amines) is 1. The number of nitrogens with one attached hydrogen (secondary N) is 1. The number of ether oxygens (including phenoxy) is 3. The second kappa shape index (κ2) is 11.0. The van der Waals surface area contributed by atoms with Crippen molar-refractivity contribution in [2.24, 2.45) is 0 Å². The van der Waals surface area contributed by atoms with E-state index in [9.17, 15) is 14.0 Å².